The first kappa shape index (κ1) is 22.7. The number of hydrogen-bond donors (Lipinski definition) is 2. The molecule has 0 aromatic heterocycles. The summed E-state index contributed by atoms with van der Waals surface area (Å²) in [4.78, 5) is 6.81. The number of guanidine groups is 1. The first-order valence-electron chi connectivity index (χ1n) is 8.45. The number of morpholine rings is 1. The van der Waals surface area contributed by atoms with Crippen molar-refractivity contribution in [1.82, 2.24) is 15.5 Å². The standard InChI is InChI=1S/C18H29BrN4O.HI/c1-14-11-16(19)6-5-15(14)12-21-17(20-4)22-13-18(2,3)23-7-9-24-10-8-23;/h5-6,11H,7-10,12-13H2,1-4H3,(H2,20,21,22);1H. The zero-order valence-electron chi connectivity index (χ0n) is 15.6. The SMILES string of the molecule is CN=C(NCc1ccc(Br)cc1C)NCC(C)(C)N1CCOCC1.I. The van der Waals surface area contributed by atoms with Crippen LogP contribution in [0.2, 0.25) is 0 Å². The second-order valence-electron chi connectivity index (χ2n) is 6.76. The highest BCUT2D eigenvalue weighted by Crippen LogP contribution is 2.16. The first-order valence-corrected chi connectivity index (χ1v) is 9.24. The molecule has 1 aromatic rings. The molecule has 1 aromatic carbocycles. The van der Waals surface area contributed by atoms with Crippen molar-refractivity contribution in [3.8, 4) is 0 Å². The molecular weight excluding hydrogens is 495 g/mol. The summed E-state index contributed by atoms with van der Waals surface area (Å²) in [6.45, 7) is 11.9. The van der Waals surface area contributed by atoms with Gasteiger partial charge in [-0.1, -0.05) is 22.0 Å². The molecule has 0 atom stereocenters. The lowest BCUT2D eigenvalue weighted by atomic mass is 10.0. The Labute approximate surface area is 177 Å². The smallest absolute Gasteiger partial charge is 0.191 e. The van der Waals surface area contributed by atoms with Crippen molar-refractivity contribution in [3.63, 3.8) is 0 Å². The Kier molecular flexibility index (Phi) is 9.69. The van der Waals surface area contributed by atoms with Gasteiger partial charge in [0.1, 0.15) is 0 Å². The van der Waals surface area contributed by atoms with Gasteiger partial charge in [-0.15, -0.1) is 24.0 Å². The third kappa shape index (κ3) is 7.03. The monoisotopic (exact) mass is 524 g/mol. The maximum atomic E-state index is 5.45. The average Bonchev–Trinajstić information content (AvgIpc) is 2.57. The van der Waals surface area contributed by atoms with Crippen molar-refractivity contribution in [2.75, 3.05) is 39.9 Å². The van der Waals surface area contributed by atoms with E-state index in [1.54, 1.807) is 0 Å². The van der Waals surface area contributed by atoms with Gasteiger partial charge in [0.25, 0.3) is 0 Å². The molecule has 0 bridgehead atoms. The number of halogens is 2. The van der Waals surface area contributed by atoms with Crippen LogP contribution >= 0.6 is 39.9 Å². The molecule has 7 heteroatoms. The molecule has 5 nitrogen and oxygen atoms in total. The van der Waals surface area contributed by atoms with Crippen LogP contribution in [-0.2, 0) is 11.3 Å². The Morgan fingerprint density at radius 2 is 1.96 bits per heavy atom. The molecule has 0 amide bonds. The summed E-state index contributed by atoms with van der Waals surface area (Å²) in [7, 11) is 1.81. The second kappa shape index (κ2) is 10.7. The Balaban J connectivity index is 0.00000312. The molecule has 25 heavy (non-hydrogen) atoms. The summed E-state index contributed by atoms with van der Waals surface area (Å²) in [5.74, 6) is 0.832. The van der Waals surface area contributed by atoms with E-state index in [1.807, 2.05) is 7.05 Å². The van der Waals surface area contributed by atoms with Crippen LogP contribution < -0.4 is 10.6 Å². The van der Waals surface area contributed by atoms with E-state index in [2.05, 4.69) is 75.4 Å². The van der Waals surface area contributed by atoms with Crippen LogP contribution in [0, 0.1) is 6.92 Å². The number of aryl methyl sites for hydroxylation is 1. The molecular formula is C18H30BrIN4O. The molecule has 1 saturated heterocycles. The summed E-state index contributed by atoms with van der Waals surface area (Å²) >= 11 is 3.50. The van der Waals surface area contributed by atoms with Crippen LogP contribution in [0.1, 0.15) is 25.0 Å². The lowest BCUT2D eigenvalue weighted by molar-refractivity contribution is -0.00834. The quantitative estimate of drug-likeness (QED) is 0.353. The molecule has 2 N–H and O–H groups in total. The molecule has 1 aliphatic heterocycles. The van der Waals surface area contributed by atoms with Crippen LogP contribution in [0.4, 0.5) is 0 Å². The van der Waals surface area contributed by atoms with Crippen LogP contribution in [0.3, 0.4) is 0 Å². The van der Waals surface area contributed by atoms with Gasteiger partial charge in [-0.05, 0) is 44.0 Å². The highest BCUT2D eigenvalue weighted by atomic mass is 127. The fraction of sp³-hybridized carbons (Fsp3) is 0.611. The number of nitrogens with one attached hydrogen (secondary N) is 2. The van der Waals surface area contributed by atoms with E-state index in [4.69, 9.17) is 4.74 Å². The van der Waals surface area contributed by atoms with E-state index < -0.39 is 0 Å². The predicted molar refractivity (Wildman–Crippen MR) is 119 cm³/mol. The van der Waals surface area contributed by atoms with E-state index in [9.17, 15) is 0 Å². The Morgan fingerprint density at radius 3 is 2.56 bits per heavy atom. The summed E-state index contributed by atoms with van der Waals surface area (Å²) < 4.78 is 6.56. The number of rotatable bonds is 5. The van der Waals surface area contributed by atoms with E-state index in [1.165, 1.54) is 11.1 Å². The zero-order valence-corrected chi connectivity index (χ0v) is 19.5. The molecule has 0 aliphatic carbocycles. The number of nitrogens with zero attached hydrogens (tertiary/aromatic N) is 2. The fourth-order valence-electron chi connectivity index (χ4n) is 2.84. The predicted octanol–water partition coefficient (Wildman–Crippen LogP) is 3.15. The van der Waals surface area contributed by atoms with Gasteiger partial charge in [0, 0.05) is 43.2 Å². The van der Waals surface area contributed by atoms with Crippen LogP contribution in [0.5, 0.6) is 0 Å². The van der Waals surface area contributed by atoms with Crippen LogP contribution in [0.25, 0.3) is 0 Å². The van der Waals surface area contributed by atoms with Crippen molar-refractivity contribution in [2.24, 2.45) is 4.99 Å². The number of hydrogen-bond acceptors (Lipinski definition) is 3. The topological polar surface area (TPSA) is 48.9 Å². The van der Waals surface area contributed by atoms with Gasteiger partial charge in [0.15, 0.2) is 5.96 Å². The van der Waals surface area contributed by atoms with Gasteiger partial charge >= 0.3 is 0 Å². The van der Waals surface area contributed by atoms with E-state index in [0.717, 1.165) is 49.8 Å². The normalized spacial score (nSPS) is 16.3. The molecule has 0 unspecified atom stereocenters. The van der Waals surface area contributed by atoms with Crippen LogP contribution in [0.15, 0.2) is 27.7 Å². The van der Waals surface area contributed by atoms with Gasteiger partial charge in [0.05, 0.1) is 13.2 Å². The molecule has 0 spiro atoms. The molecule has 0 radical (unpaired) electrons. The minimum atomic E-state index is 0. The summed E-state index contributed by atoms with van der Waals surface area (Å²) in [5.41, 5.74) is 2.60. The first-order chi connectivity index (χ1) is 11.4. The second-order valence-corrected chi connectivity index (χ2v) is 7.68. The molecule has 1 fully saturated rings. The largest absolute Gasteiger partial charge is 0.379 e. The van der Waals surface area contributed by atoms with Gasteiger partial charge in [0.2, 0.25) is 0 Å². The number of ether oxygens (including phenoxy) is 1. The van der Waals surface area contributed by atoms with Crippen molar-refractivity contribution in [1.29, 1.82) is 0 Å². The zero-order chi connectivity index (χ0) is 17.6. The molecule has 2 rings (SSSR count). The van der Waals surface area contributed by atoms with Gasteiger partial charge in [-0.2, -0.15) is 0 Å². The minimum absolute atomic E-state index is 0. The summed E-state index contributed by atoms with van der Waals surface area (Å²) in [6, 6.07) is 6.34. The van der Waals surface area contributed by atoms with E-state index in [0.29, 0.717) is 0 Å². The fourth-order valence-corrected chi connectivity index (χ4v) is 3.31. The molecule has 0 saturated carbocycles. The summed E-state index contributed by atoms with van der Waals surface area (Å²) in [5, 5.41) is 6.86. The average molecular weight is 525 g/mol. The van der Waals surface area contributed by atoms with E-state index >= 15 is 0 Å². The van der Waals surface area contributed by atoms with E-state index in [-0.39, 0.29) is 29.5 Å². The van der Waals surface area contributed by atoms with Crippen molar-refractivity contribution < 1.29 is 4.74 Å². The van der Waals surface area contributed by atoms with Gasteiger partial charge < -0.3 is 15.4 Å². The Morgan fingerprint density at radius 1 is 1.28 bits per heavy atom. The maximum absolute atomic E-state index is 5.45. The Hall–Kier alpha value is -0.380. The third-order valence-corrected chi connectivity index (χ3v) is 5.02. The maximum Gasteiger partial charge on any atom is 0.191 e. The lowest BCUT2D eigenvalue weighted by Crippen LogP contribution is -2.56. The molecule has 1 aliphatic rings. The molecule has 142 valence electrons. The van der Waals surface area contributed by atoms with Crippen molar-refractivity contribution in [2.45, 2.75) is 32.9 Å². The van der Waals surface area contributed by atoms with Gasteiger partial charge in [-0.3, -0.25) is 9.89 Å². The van der Waals surface area contributed by atoms with Crippen molar-refractivity contribution >= 4 is 45.9 Å². The van der Waals surface area contributed by atoms with Crippen molar-refractivity contribution in [3.05, 3.63) is 33.8 Å². The number of aliphatic imine (C=N–C) groups is 1. The minimum Gasteiger partial charge on any atom is -0.379 e. The highest BCUT2D eigenvalue weighted by molar-refractivity contribution is 14.0. The van der Waals surface area contributed by atoms with Gasteiger partial charge in [-0.25, -0.2) is 0 Å². The molecule has 1 heterocycles. The lowest BCUT2D eigenvalue weighted by Gasteiger charge is -2.41. The van der Waals surface area contributed by atoms with Crippen LogP contribution in [-0.4, -0.2) is 56.3 Å². The Bertz CT molecular complexity index is 574. The highest BCUT2D eigenvalue weighted by Gasteiger charge is 2.28. The number of benzene rings is 1. The third-order valence-electron chi connectivity index (χ3n) is 4.53. The summed E-state index contributed by atoms with van der Waals surface area (Å²) in [6.07, 6.45) is 0.